The van der Waals surface area contributed by atoms with Crippen LogP contribution in [0.3, 0.4) is 0 Å². The van der Waals surface area contributed by atoms with Crippen molar-refractivity contribution in [1.82, 2.24) is 14.3 Å². The van der Waals surface area contributed by atoms with Gasteiger partial charge in [-0.1, -0.05) is 29.8 Å². The molecule has 0 unspecified atom stereocenters. The zero-order chi connectivity index (χ0) is 21.3. The van der Waals surface area contributed by atoms with Crippen LogP contribution < -0.4 is 11.1 Å². The van der Waals surface area contributed by atoms with Crippen LogP contribution >= 0.6 is 0 Å². The predicted octanol–water partition coefficient (Wildman–Crippen LogP) is 2.56. The molecular weight excluding hydrogens is 402 g/mol. The maximum atomic E-state index is 13.1. The molecule has 0 radical (unpaired) electrons. The number of aryl methyl sites for hydroxylation is 2. The molecule has 7 nitrogen and oxygen atoms in total. The minimum absolute atomic E-state index is 0.121. The first kappa shape index (κ1) is 20.6. The van der Waals surface area contributed by atoms with E-state index in [2.05, 4.69) is 41.2 Å². The maximum absolute atomic E-state index is 13.1. The van der Waals surface area contributed by atoms with Crippen LogP contribution in [0.1, 0.15) is 30.4 Å². The zero-order valence-corrected chi connectivity index (χ0v) is 17.7. The van der Waals surface area contributed by atoms with E-state index in [1.54, 1.807) is 0 Å². The smallest absolute Gasteiger partial charge is 0.314 e. The highest BCUT2D eigenvalue weighted by atomic mass is 32.2. The summed E-state index contributed by atoms with van der Waals surface area (Å²) >= 11 is 0. The van der Waals surface area contributed by atoms with Crippen molar-refractivity contribution >= 4 is 21.1 Å². The standard InChI is InChI=1S/C22H25N3O4S/c1-15-2-4-16(5-3-15)6-7-17-10-12-25(13-11-17)30(28,29)18-8-9-19-20(14-18)24-22(27)21(26)23-19/h2-5,8-9,14,17H,6-7,10-13H2,1H3,(H,23,26)(H,24,27). The Kier molecular flexibility index (Phi) is 5.62. The molecular formula is C22H25N3O4S. The molecule has 1 aliphatic heterocycles. The summed E-state index contributed by atoms with van der Waals surface area (Å²) in [4.78, 5) is 28.0. The number of rotatable bonds is 5. The average molecular weight is 428 g/mol. The number of sulfonamides is 1. The van der Waals surface area contributed by atoms with Gasteiger partial charge in [-0.3, -0.25) is 9.59 Å². The first-order chi connectivity index (χ1) is 14.3. The van der Waals surface area contributed by atoms with Gasteiger partial charge in [-0.25, -0.2) is 8.42 Å². The van der Waals surface area contributed by atoms with Gasteiger partial charge in [-0.2, -0.15) is 4.31 Å². The van der Waals surface area contributed by atoms with E-state index in [9.17, 15) is 18.0 Å². The molecule has 0 aliphatic carbocycles. The Bertz CT molecular complexity index is 1270. The number of aromatic amines is 2. The summed E-state index contributed by atoms with van der Waals surface area (Å²) in [7, 11) is -3.65. The van der Waals surface area contributed by atoms with Gasteiger partial charge in [0.05, 0.1) is 15.9 Å². The molecule has 30 heavy (non-hydrogen) atoms. The van der Waals surface area contributed by atoms with E-state index in [0.29, 0.717) is 30.0 Å². The summed E-state index contributed by atoms with van der Waals surface area (Å²) in [5.74, 6) is 0.510. The topological polar surface area (TPSA) is 103 Å². The van der Waals surface area contributed by atoms with E-state index in [-0.39, 0.29) is 4.90 Å². The number of nitrogens with one attached hydrogen (secondary N) is 2. The van der Waals surface area contributed by atoms with Crippen LogP contribution in [0, 0.1) is 12.8 Å². The molecule has 1 aliphatic rings. The minimum atomic E-state index is -3.65. The highest BCUT2D eigenvalue weighted by Crippen LogP contribution is 2.27. The molecule has 0 saturated carbocycles. The lowest BCUT2D eigenvalue weighted by Crippen LogP contribution is -2.38. The molecule has 0 spiro atoms. The number of piperidine rings is 1. The second-order valence-corrected chi connectivity index (χ2v) is 9.93. The molecule has 158 valence electrons. The number of hydrogen-bond donors (Lipinski definition) is 2. The lowest BCUT2D eigenvalue weighted by atomic mass is 9.91. The van der Waals surface area contributed by atoms with Crippen molar-refractivity contribution < 1.29 is 8.42 Å². The summed E-state index contributed by atoms with van der Waals surface area (Å²) in [6.07, 6.45) is 3.74. The Balaban J connectivity index is 1.42. The first-order valence-electron chi connectivity index (χ1n) is 10.1. The van der Waals surface area contributed by atoms with Gasteiger partial charge in [-0.05, 0) is 62.3 Å². The van der Waals surface area contributed by atoms with E-state index in [1.807, 2.05) is 0 Å². The van der Waals surface area contributed by atoms with Gasteiger partial charge >= 0.3 is 11.1 Å². The van der Waals surface area contributed by atoms with Crippen LogP contribution in [-0.2, 0) is 16.4 Å². The summed E-state index contributed by atoms with van der Waals surface area (Å²) < 4.78 is 27.6. The van der Waals surface area contributed by atoms with Gasteiger partial charge in [0.25, 0.3) is 0 Å². The van der Waals surface area contributed by atoms with Crippen LogP contribution in [0.2, 0.25) is 0 Å². The minimum Gasteiger partial charge on any atom is -0.316 e. The summed E-state index contributed by atoms with van der Waals surface area (Å²) in [5.41, 5.74) is 1.71. The molecule has 3 aromatic rings. The fourth-order valence-corrected chi connectivity index (χ4v) is 5.46. The van der Waals surface area contributed by atoms with Crippen molar-refractivity contribution in [2.45, 2.75) is 37.5 Å². The lowest BCUT2D eigenvalue weighted by Gasteiger charge is -2.31. The Hall–Kier alpha value is -2.71. The number of hydrogen-bond acceptors (Lipinski definition) is 4. The molecule has 2 N–H and O–H groups in total. The van der Waals surface area contributed by atoms with Gasteiger partial charge in [0.15, 0.2) is 0 Å². The molecule has 2 aromatic carbocycles. The van der Waals surface area contributed by atoms with Crippen LogP contribution in [0.5, 0.6) is 0 Å². The molecule has 4 rings (SSSR count). The molecule has 0 amide bonds. The van der Waals surface area contributed by atoms with E-state index < -0.39 is 21.1 Å². The highest BCUT2D eigenvalue weighted by molar-refractivity contribution is 7.89. The van der Waals surface area contributed by atoms with Crippen molar-refractivity contribution in [1.29, 1.82) is 0 Å². The Labute approximate surface area is 174 Å². The Morgan fingerprint density at radius 2 is 1.57 bits per heavy atom. The third-order valence-electron chi connectivity index (χ3n) is 5.87. The fraction of sp³-hybridized carbons (Fsp3) is 0.364. The quantitative estimate of drug-likeness (QED) is 0.611. The monoisotopic (exact) mass is 427 g/mol. The van der Waals surface area contributed by atoms with Crippen molar-refractivity contribution in [3.05, 3.63) is 74.3 Å². The summed E-state index contributed by atoms with van der Waals surface area (Å²) in [5, 5.41) is 0. The van der Waals surface area contributed by atoms with E-state index in [0.717, 1.165) is 25.7 Å². The first-order valence-corrected chi connectivity index (χ1v) is 11.6. The lowest BCUT2D eigenvalue weighted by molar-refractivity contribution is 0.263. The van der Waals surface area contributed by atoms with E-state index in [4.69, 9.17) is 0 Å². The number of nitrogens with zero attached hydrogens (tertiary/aromatic N) is 1. The summed E-state index contributed by atoms with van der Waals surface area (Å²) in [6, 6.07) is 12.9. The summed E-state index contributed by atoms with van der Waals surface area (Å²) in [6.45, 7) is 3.05. The molecule has 2 heterocycles. The van der Waals surface area contributed by atoms with Crippen molar-refractivity contribution in [2.75, 3.05) is 13.1 Å². The highest BCUT2D eigenvalue weighted by Gasteiger charge is 2.29. The van der Waals surface area contributed by atoms with Crippen molar-refractivity contribution in [2.24, 2.45) is 5.92 Å². The molecule has 1 aromatic heterocycles. The number of H-pyrrole nitrogens is 2. The van der Waals surface area contributed by atoms with E-state index in [1.165, 1.54) is 33.6 Å². The largest absolute Gasteiger partial charge is 0.316 e. The van der Waals surface area contributed by atoms with Gasteiger partial charge in [0.2, 0.25) is 10.0 Å². The normalized spacial score (nSPS) is 16.2. The molecule has 0 bridgehead atoms. The van der Waals surface area contributed by atoms with Crippen molar-refractivity contribution in [3.8, 4) is 0 Å². The SMILES string of the molecule is Cc1ccc(CCC2CCN(S(=O)(=O)c3ccc4[nH]c(=O)c(=O)[nH]c4c3)CC2)cc1. The second kappa shape index (κ2) is 8.20. The fourth-order valence-electron chi connectivity index (χ4n) is 3.97. The average Bonchev–Trinajstić information content (AvgIpc) is 2.74. The maximum Gasteiger partial charge on any atom is 0.314 e. The van der Waals surface area contributed by atoms with Gasteiger partial charge in [0, 0.05) is 13.1 Å². The van der Waals surface area contributed by atoms with Crippen LogP contribution in [0.15, 0.2) is 56.9 Å². The van der Waals surface area contributed by atoms with Gasteiger partial charge in [-0.15, -0.1) is 0 Å². The molecule has 0 atom stereocenters. The number of benzene rings is 2. The zero-order valence-electron chi connectivity index (χ0n) is 16.8. The predicted molar refractivity (Wildman–Crippen MR) is 116 cm³/mol. The van der Waals surface area contributed by atoms with Crippen LogP contribution in [0.25, 0.3) is 11.0 Å². The Morgan fingerprint density at radius 1 is 0.933 bits per heavy atom. The number of fused-ring (bicyclic) bond motifs is 1. The van der Waals surface area contributed by atoms with Crippen LogP contribution in [0.4, 0.5) is 0 Å². The third-order valence-corrected chi connectivity index (χ3v) is 7.76. The molecule has 1 fully saturated rings. The Morgan fingerprint density at radius 3 is 2.23 bits per heavy atom. The second-order valence-electron chi connectivity index (χ2n) is 7.99. The van der Waals surface area contributed by atoms with Crippen molar-refractivity contribution in [3.63, 3.8) is 0 Å². The third kappa shape index (κ3) is 4.24. The van der Waals surface area contributed by atoms with Crippen LogP contribution in [-0.4, -0.2) is 35.8 Å². The van der Waals surface area contributed by atoms with E-state index >= 15 is 0 Å². The van der Waals surface area contributed by atoms with Gasteiger partial charge < -0.3 is 9.97 Å². The van der Waals surface area contributed by atoms with Gasteiger partial charge in [0.1, 0.15) is 0 Å². The number of aromatic nitrogens is 2. The molecule has 1 saturated heterocycles. The molecule has 8 heteroatoms.